The maximum Gasteiger partial charge on any atom is 0.321 e. The number of nitrogen functional groups attached to an aromatic ring is 1. The highest BCUT2D eigenvalue weighted by atomic mass is 32.2. The van der Waals surface area contributed by atoms with Gasteiger partial charge < -0.3 is 36.9 Å². The molecule has 8 N–H and O–H groups in total. The van der Waals surface area contributed by atoms with Gasteiger partial charge in [-0.2, -0.15) is 4.98 Å². The first-order valence-corrected chi connectivity index (χ1v) is 19.4. The van der Waals surface area contributed by atoms with Crippen LogP contribution in [0.25, 0.3) is 11.0 Å². The van der Waals surface area contributed by atoms with Crippen LogP contribution in [0, 0.1) is 6.92 Å². The van der Waals surface area contributed by atoms with E-state index >= 15 is 0 Å². The third kappa shape index (κ3) is 11.6. The summed E-state index contributed by atoms with van der Waals surface area (Å²) in [7, 11) is 0. The van der Waals surface area contributed by atoms with Crippen molar-refractivity contribution < 1.29 is 24.6 Å². The second-order valence-electron chi connectivity index (χ2n) is 13.7. The largest absolute Gasteiger partial charge is 0.481 e. The maximum atomic E-state index is 12.6. The highest BCUT2D eigenvalue weighted by molar-refractivity contribution is 8.00. The monoisotopic (exact) mass is 764 g/mol. The number of nitrogens with two attached hydrogens (primary N) is 2. The van der Waals surface area contributed by atoms with Gasteiger partial charge in [0, 0.05) is 64.3 Å². The van der Waals surface area contributed by atoms with Crippen LogP contribution in [0.1, 0.15) is 55.0 Å². The zero-order chi connectivity index (χ0) is 38.6. The number of benzene rings is 1. The number of nitrogens with one attached hydrogen (secondary N) is 2. The van der Waals surface area contributed by atoms with Crippen LogP contribution in [-0.4, -0.2) is 124 Å². The quantitative estimate of drug-likeness (QED) is 0.0666. The number of hydrogen-bond donors (Lipinski definition) is 6. The highest BCUT2D eigenvalue weighted by Crippen LogP contribution is 2.25. The van der Waals surface area contributed by atoms with Crippen molar-refractivity contribution in [3.8, 4) is 0 Å². The number of rotatable bonds is 21. The van der Waals surface area contributed by atoms with E-state index in [2.05, 4.69) is 83.5 Å². The molecule has 3 aromatic heterocycles. The molecule has 1 fully saturated rings. The first-order valence-electron chi connectivity index (χ1n) is 18.4. The molecule has 1 aromatic carbocycles. The second kappa shape index (κ2) is 19.5. The Morgan fingerprint density at radius 1 is 1.02 bits per heavy atom. The molecule has 17 nitrogen and oxygen atoms in total. The van der Waals surface area contributed by atoms with Gasteiger partial charge in [0.05, 0.1) is 36.5 Å². The predicted molar refractivity (Wildman–Crippen MR) is 208 cm³/mol. The number of unbranched alkanes of at least 4 members (excludes halogenated alkanes) is 2. The molecule has 0 saturated carbocycles. The minimum atomic E-state index is -1.21. The number of nitrogens with zero attached hydrogens (tertiary/aromatic N) is 8. The van der Waals surface area contributed by atoms with Gasteiger partial charge in [-0.3, -0.25) is 28.9 Å². The fourth-order valence-electron chi connectivity index (χ4n) is 6.35. The molecule has 5 rings (SSSR count). The predicted octanol–water partition coefficient (Wildman–Crippen LogP) is 1.99. The fraction of sp³-hybridized carbons (Fsp3) is 0.528. The Hall–Kier alpha value is -4.78. The molecule has 0 radical (unpaired) electrons. The Morgan fingerprint density at radius 3 is 2.52 bits per heavy atom. The summed E-state index contributed by atoms with van der Waals surface area (Å²) in [6.07, 6.45) is 6.76. The molecule has 1 aliphatic heterocycles. The molecule has 18 heteroatoms. The summed E-state index contributed by atoms with van der Waals surface area (Å²) >= 11 is 0.906. The smallest absolute Gasteiger partial charge is 0.321 e. The molecule has 1 amide bonds. The van der Waals surface area contributed by atoms with E-state index in [0.717, 1.165) is 93.7 Å². The summed E-state index contributed by atoms with van der Waals surface area (Å²) in [6, 6.07) is 7.54. The van der Waals surface area contributed by atoms with Gasteiger partial charge in [-0.1, -0.05) is 43.2 Å². The summed E-state index contributed by atoms with van der Waals surface area (Å²) in [6.45, 7) is 12.1. The number of carboxylic acids is 2. The van der Waals surface area contributed by atoms with E-state index in [-0.39, 0.29) is 18.2 Å². The average molecular weight is 765 g/mol. The van der Waals surface area contributed by atoms with Gasteiger partial charge in [0.15, 0.2) is 5.82 Å². The summed E-state index contributed by atoms with van der Waals surface area (Å²) in [5.74, 6) is -1.93. The van der Waals surface area contributed by atoms with Crippen LogP contribution in [0.15, 0.2) is 36.7 Å². The standard InChI is InChI=1S/C36H52N12O5S/c1-3-4-5-9-39-33-32-29(41-36(38)42-33)8-10-47(32)21-26-7-6-25(17-24(26)2)20-46-13-11-45(12-14-46)15-16-48-22-27(43-44-48)19-40-34(51)30(18-31(49)50)54-23-28(37)35(52)53/h6-8,10,17,22,28,30H,3-5,9,11-16,18-21,23,37H2,1-2H3,(H,40,51)(H,49,50)(H,52,53)(H3,38,39,41,42)/t28-,30+/m0/s1. The lowest BCUT2D eigenvalue weighted by molar-refractivity contribution is -0.138. The minimum Gasteiger partial charge on any atom is -0.481 e. The molecule has 292 valence electrons. The normalized spacial score (nSPS) is 14.9. The molecule has 2 atom stereocenters. The van der Waals surface area contributed by atoms with Crippen molar-refractivity contribution in [3.05, 3.63) is 59.0 Å². The van der Waals surface area contributed by atoms with E-state index < -0.39 is 35.6 Å². The number of amides is 1. The van der Waals surface area contributed by atoms with Gasteiger partial charge in [-0.25, -0.2) is 4.98 Å². The molecular weight excluding hydrogens is 713 g/mol. The second-order valence-corrected chi connectivity index (χ2v) is 14.9. The Morgan fingerprint density at radius 2 is 1.80 bits per heavy atom. The van der Waals surface area contributed by atoms with E-state index in [0.29, 0.717) is 18.8 Å². The van der Waals surface area contributed by atoms with Gasteiger partial charge in [-0.05, 0) is 36.1 Å². The number of aromatic nitrogens is 6. The number of anilines is 2. The van der Waals surface area contributed by atoms with Crippen LogP contribution in [0.4, 0.5) is 11.8 Å². The molecule has 1 aliphatic rings. The van der Waals surface area contributed by atoms with Crippen LogP contribution in [0.2, 0.25) is 0 Å². The number of carboxylic acid groups (broad SMARTS) is 2. The van der Waals surface area contributed by atoms with Crippen LogP contribution in [0.3, 0.4) is 0 Å². The summed E-state index contributed by atoms with van der Waals surface area (Å²) in [5, 5.41) is 31.7. The number of hydrogen-bond acceptors (Lipinski definition) is 13. The molecule has 1 saturated heterocycles. The van der Waals surface area contributed by atoms with Crippen molar-refractivity contribution in [1.29, 1.82) is 0 Å². The van der Waals surface area contributed by atoms with Crippen molar-refractivity contribution >= 4 is 52.4 Å². The Bertz CT molecular complexity index is 1880. The molecule has 0 unspecified atom stereocenters. The van der Waals surface area contributed by atoms with Crippen LogP contribution in [-0.2, 0) is 40.6 Å². The summed E-state index contributed by atoms with van der Waals surface area (Å²) < 4.78 is 3.93. The number of thioether (sulfide) groups is 1. The third-order valence-electron chi connectivity index (χ3n) is 9.44. The van der Waals surface area contributed by atoms with E-state index in [4.69, 9.17) is 16.6 Å². The Labute approximate surface area is 318 Å². The SMILES string of the molecule is CCCCCNc1nc(N)nc2ccn(Cc3ccc(CN4CCN(CCn5cc(CNC(=O)[C@@H](CC(=O)O)SC[C@H](N)C(=O)O)nn5)CC4)cc3C)c12. The van der Waals surface area contributed by atoms with Crippen LogP contribution < -0.4 is 22.1 Å². The molecule has 0 spiro atoms. The summed E-state index contributed by atoms with van der Waals surface area (Å²) in [4.78, 5) is 48.7. The van der Waals surface area contributed by atoms with Crippen molar-refractivity contribution in [1.82, 2.24) is 44.6 Å². The Balaban J connectivity index is 1.05. The van der Waals surface area contributed by atoms with Crippen molar-refractivity contribution in [3.63, 3.8) is 0 Å². The number of fused-ring (bicyclic) bond motifs is 1. The number of aliphatic carboxylic acids is 2. The van der Waals surface area contributed by atoms with Gasteiger partial charge in [0.1, 0.15) is 17.3 Å². The molecule has 4 heterocycles. The molecule has 54 heavy (non-hydrogen) atoms. The lowest BCUT2D eigenvalue weighted by Gasteiger charge is -2.34. The van der Waals surface area contributed by atoms with E-state index in [1.54, 1.807) is 10.9 Å². The van der Waals surface area contributed by atoms with Crippen LogP contribution >= 0.6 is 11.8 Å². The van der Waals surface area contributed by atoms with E-state index in [9.17, 15) is 19.5 Å². The Kier molecular flexibility index (Phi) is 14.6. The van der Waals surface area contributed by atoms with E-state index in [1.807, 2.05) is 6.07 Å². The third-order valence-corrected chi connectivity index (χ3v) is 10.8. The molecule has 4 aromatic rings. The van der Waals surface area contributed by atoms with Crippen molar-refractivity contribution in [2.75, 3.05) is 56.1 Å². The molecule has 0 aliphatic carbocycles. The number of aryl methyl sites for hydroxylation is 1. The van der Waals surface area contributed by atoms with Gasteiger partial charge in [0.25, 0.3) is 0 Å². The lowest BCUT2D eigenvalue weighted by atomic mass is 10.0. The maximum absolute atomic E-state index is 12.6. The first kappa shape index (κ1) is 40.4. The lowest BCUT2D eigenvalue weighted by Crippen LogP contribution is -2.46. The number of carbonyl (C=O) groups is 3. The average Bonchev–Trinajstić information content (AvgIpc) is 3.78. The molecular formula is C36H52N12O5S. The zero-order valence-electron chi connectivity index (χ0n) is 31.0. The minimum absolute atomic E-state index is 0.0744. The fourth-order valence-corrected chi connectivity index (χ4v) is 7.43. The number of carbonyl (C=O) groups excluding carboxylic acids is 1. The molecule has 0 bridgehead atoms. The summed E-state index contributed by atoms with van der Waals surface area (Å²) in [5.41, 5.74) is 17.6. The van der Waals surface area contributed by atoms with Crippen molar-refractivity contribution in [2.45, 2.75) is 77.0 Å². The van der Waals surface area contributed by atoms with Crippen molar-refractivity contribution in [2.24, 2.45) is 5.73 Å². The van der Waals surface area contributed by atoms with E-state index in [1.165, 1.54) is 16.7 Å². The zero-order valence-corrected chi connectivity index (χ0v) is 31.8. The first-order chi connectivity index (χ1) is 26.0. The highest BCUT2D eigenvalue weighted by Gasteiger charge is 2.25. The van der Waals surface area contributed by atoms with Gasteiger partial charge >= 0.3 is 11.9 Å². The van der Waals surface area contributed by atoms with Gasteiger partial charge in [0.2, 0.25) is 11.9 Å². The van der Waals surface area contributed by atoms with Crippen LogP contribution in [0.5, 0.6) is 0 Å². The number of piperazine rings is 1. The topological polar surface area (TPSA) is 236 Å². The van der Waals surface area contributed by atoms with Gasteiger partial charge in [-0.15, -0.1) is 16.9 Å².